The lowest BCUT2D eigenvalue weighted by Crippen LogP contribution is -2.55. The summed E-state index contributed by atoms with van der Waals surface area (Å²) in [6.45, 7) is 1.58. The van der Waals surface area contributed by atoms with E-state index in [-0.39, 0.29) is 24.4 Å². The monoisotopic (exact) mass is 334 g/mol. The number of hydrogen-bond acceptors (Lipinski definition) is 2. The molecule has 2 heterocycles. The van der Waals surface area contributed by atoms with Crippen LogP contribution in [0.5, 0.6) is 0 Å². The lowest BCUT2D eigenvalue weighted by molar-refractivity contribution is -0.149. The van der Waals surface area contributed by atoms with Crippen molar-refractivity contribution < 1.29 is 9.59 Å². The van der Waals surface area contributed by atoms with Crippen LogP contribution >= 0.6 is 0 Å². The Kier molecular flexibility index (Phi) is 4.26. The predicted molar refractivity (Wildman–Crippen MR) is 95.9 cm³/mol. The molecule has 2 aliphatic heterocycles. The summed E-state index contributed by atoms with van der Waals surface area (Å²) in [5.41, 5.74) is 3.65. The molecule has 128 valence electrons. The normalized spacial score (nSPS) is 19.4. The first kappa shape index (κ1) is 15.9. The van der Waals surface area contributed by atoms with Crippen LogP contribution in [0.15, 0.2) is 54.6 Å². The highest BCUT2D eigenvalue weighted by molar-refractivity contribution is 5.87. The fourth-order valence-corrected chi connectivity index (χ4v) is 3.92. The van der Waals surface area contributed by atoms with E-state index in [1.54, 1.807) is 4.90 Å². The number of nitrogens with zero attached hydrogens (tertiary/aromatic N) is 2. The molecule has 2 aromatic rings. The van der Waals surface area contributed by atoms with Crippen LogP contribution in [-0.2, 0) is 22.4 Å². The van der Waals surface area contributed by atoms with E-state index in [0.717, 1.165) is 24.9 Å². The van der Waals surface area contributed by atoms with Gasteiger partial charge in [-0.25, -0.2) is 0 Å². The number of fused-ring (bicyclic) bond motifs is 3. The molecule has 25 heavy (non-hydrogen) atoms. The molecule has 1 atom stereocenters. The van der Waals surface area contributed by atoms with Gasteiger partial charge in [-0.2, -0.15) is 0 Å². The molecule has 1 saturated heterocycles. The Bertz CT molecular complexity index is 787. The van der Waals surface area contributed by atoms with Crippen molar-refractivity contribution in [3.63, 3.8) is 0 Å². The molecule has 0 N–H and O–H groups in total. The summed E-state index contributed by atoms with van der Waals surface area (Å²) in [7, 11) is 0. The van der Waals surface area contributed by atoms with Crippen molar-refractivity contribution in [3.05, 3.63) is 71.3 Å². The minimum Gasteiger partial charge on any atom is -0.332 e. The molecule has 0 saturated carbocycles. The number of hydrogen-bond donors (Lipinski definition) is 0. The minimum absolute atomic E-state index is 0.00637. The maximum Gasteiger partial charge on any atom is 0.242 e. The summed E-state index contributed by atoms with van der Waals surface area (Å²) in [4.78, 5) is 28.9. The number of carbonyl (C=O) groups is 2. The molecule has 1 unspecified atom stereocenters. The van der Waals surface area contributed by atoms with E-state index in [1.165, 1.54) is 11.1 Å². The molecule has 2 amide bonds. The molecule has 0 spiro atoms. The van der Waals surface area contributed by atoms with Crippen molar-refractivity contribution in [2.75, 3.05) is 19.6 Å². The Morgan fingerprint density at radius 2 is 1.80 bits per heavy atom. The van der Waals surface area contributed by atoms with Gasteiger partial charge in [0.25, 0.3) is 0 Å². The number of aryl methyl sites for hydroxylation is 1. The molecule has 4 rings (SSSR count). The van der Waals surface area contributed by atoms with Gasteiger partial charge in [-0.15, -0.1) is 0 Å². The summed E-state index contributed by atoms with van der Waals surface area (Å²) in [6.07, 6.45) is 2.07. The topological polar surface area (TPSA) is 40.6 Å². The van der Waals surface area contributed by atoms with Gasteiger partial charge in [0.15, 0.2) is 0 Å². The van der Waals surface area contributed by atoms with E-state index in [1.807, 2.05) is 47.4 Å². The summed E-state index contributed by atoms with van der Waals surface area (Å²) < 4.78 is 0. The zero-order valence-corrected chi connectivity index (χ0v) is 14.2. The second-order valence-corrected chi connectivity index (χ2v) is 6.81. The third-order valence-corrected chi connectivity index (χ3v) is 5.28. The standard InChI is InChI=1S/C21H22N2O2/c24-20(11-10-16-6-2-1-3-7-16)22-14-19-18-9-5-4-8-17(18)12-13-23(19)21(25)15-22/h1-9,19H,10-15H2. The number of rotatable bonds is 3. The van der Waals surface area contributed by atoms with Gasteiger partial charge in [0, 0.05) is 19.5 Å². The highest BCUT2D eigenvalue weighted by atomic mass is 16.2. The van der Waals surface area contributed by atoms with Crippen LogP contribution in [0.4, 0.5) is 0 Å². The van der Waals surface area contributed by atoms with E-state index in [4.69, 9.17) is 0 Å². The third-order valence-electron chi connectivity index (χ3n) is 5.28. The SMILES string of the molecule is O=C(CCc1ccccc1)N1CC(=O)N2CCc3ccccc3C2C1. The van der Waals surface area contributed by atoms with Gasteiger partial charge in [0.1, 0.15) is 0 Å². The van der Waals surface area contributed by atoms with Gasteiger partial charge >= 0.3 is 0 Å². The molecule has 0 aliphatic carbocycles. The molecule has 4 nitrogen and oxygen atoms in total. The average molecular weight is 334 g/mol. The fourth-order valence-electron chi connectivity index (χ4n) is 3.92. The lowest BCUT2D eigenvalue weighted by Gasteiger charge is -2.44. The summed E-state index contributed by atoms with van der Waals surface area (Å²) >= 11 is 0. The van der Waals surface area contributed by atoms with Crippen molar-refractivity contribution in [1.82, 2.24) is 9.80 Å². The number of amides is 2. The van der Waals surface area contributed by atoms with E-state index in [0.29, 0.717) is 13.0 Å². The predicted octanol–water partition coefficient (Wildman–Crippen LogP) is 2.59. The van der Waals surface area contributed by atoms with Crippen LogP contribution < -0.4 is 0 Å². The molecule has 0 aromatic heterocycles. The van der Waals surface area contributed by atoms with Crippen LogP contribution in [0.25, 0.3) is 0 Å². The maximum absolute atomic E-state index is 12.7. The van der Waals surface area contributed by atoms with Gasteiger partial charge in [0.05, 0.1) is 12.6 Å². The Labute approximate surface area is 148 Å². The Hall–Kier alpha value is -2.62. The van der Waals surface area contributed by atoms with Crippen molar-refractivity contribution in [3.8, 4) is 0 Å². The van der Waals surface area contributed by atoms with Gasteiger partial charge in [0.2, 0.25) is 11.8 Å². The third kappa shape index (κ3) is 3.16. The minimum atomic E-state index is 0.00637. The van der Waals surface area contributed by atoms with E-state index in [9.17, 15) is 9.59 Å². The number of benzene rings is 2. The second-order valence-electron chi connectivity index (χ2n) is 6.81. The lowest BCUT2D eigenvalue weighted by atomic mass is 9.90. The fraction of sp³-hybridized carbons (Fsp3) is 0.333. The molecular weight excluding hydrogens is 312 g/mol. The van der Waals surface area contributed by atoms with Crippen molar-refractivity contribution in [2.24, 2.45) is 0 Å². The van der Waals surface area contributed by atoms with Crippen molar-refractivity contribution in [1.29, 1.82) is 0 Å². The average Bonchev–Trinajstić information content (AvgIpc) is 2.66. The highest BCUT2D eigenvalue weighted by Crippen LogP contribution is 2.33. The van der Waals surface area contributed by atoms with Gasteiger partial charge < -0.3 is 9.80 Å². The molecule has 4 heteroatoms. The maximum atomic E-state index is 12.7. The first-order valence-corrected chi connectivity index (χ1v) is 8.91. The largest absolute Gasteiger partial charge is 0.332 e. The second kappa shape index (κ2) is 6.71. The van der Waals surface area contributed by atoms with Crippen molar-refractivity contribution in [2.45, 2.75) is 25.3 Å². The van der Waals surface area contributed by atoms with Gasteiger partial charge in [-0.05, 0) is 29.5 Å². The first-order valence-electron chi connectivity index (χ1n) is 8.91. The van der Waals surface area contributed by atoms with Gasteiger partial charge in [-0.3, -0.25) is 9.59 Å². The Morgan fingerprint density at radius 1 is 1.04 bits per heavy atom. The summed E-state index contributed by atoms with van der Waals surface area (Å²) in [5, 5.41) is 0. The molecule has 0 bridgehead atoms. The van der Waals surface area contributed by atoms with Crippen molar-refractivity contribution >= 4 is 11.8 Å². The van der Waals surface area contributed by atoms with E-state index in [2.05, 4.69) is 12.1 Å². The zero-order chi connectivity index (χ0) is 17.2. The molecule has 2 aliphatic rings. The van der Waals surface area contributed by atoms with E-state index < -0.39 is 0 Å². The van der Waals surface area contributed by atoms with Crippen LogP contribution in [0.3, 0.4) is 0 Å². The summed E-state index contributed by atoms with van der Waals surface area (Å²) in [6, 6.07) is 18.3. The van der Waals surface area contributed by atoms with Crippen LogP contribution in [0.2, 0.25) is 0 Å². The van der Waals surface area contributed by atoms with E-state index >= 15 is 0 Å². The summed E-state index contributed by atoms with van der Waals surface area (Å²) in [5.74, 6) is 0.138. The molecule has 0 radical (unpaired) electrons. The Balaban J connectivity index is 1.48. The number of piperazine rings is 1. The molecule has 2 aromatic carbocycles. The first-order chi connectivity index (χ1) is 12.2. The van der Waals surface area contributed by atoms with Crippen LogP contribution in [0, 0.1) is 0 Å². The molecule has 1 fully saturated rings. The highest BCUT2D eigenvalue weighted by Gasteiger charge is 2.38. The van der Waals surface area contributed by atoms with Gasteiger partial charge in [-0.1, -0.05) is 54.6 Å². The quantitative estimate of drug-likeness (QED) is 0.866. The number of carbonyl (C=O) groups excluding carboxylic acids is 2. The zero-order valence-electron chi connectivity index (χ0n) is 14.2. The Morgan fingerprint density at radius 3 is 2.64 bits per heavy atom. The smallest absolute Gasteiger partial charge is 0.242 e. The van der Waals surface area contributed by atoms with Crippen LogP contribution in [0.1, 0.15) is 29.2 Å². The van der Waals surface area contributed by atoms with Crippen LogP contribution in [-0.4, -0.2) is 41.2 Å². The molecular formula is C21H22N2O2.